The second-order valence-electron chi connectivity index (χ2n) is 5.11. The van der Waals surface area contributed by atoms with E-state index in [1.54, 1.807) is 0 Å². The molecule has 2 rings (SSSR count). The zero-order valence-corrected chi connectivity index (χ0v) is 14.2. The number of amides is 1. The average molecular weight is 329 g/mol. The van der Waals surface area contributed by atoms with Crippen LogP contribution in [0.4, 0.5) is 5.88 Å². The number of furan rings is 1. The largest absolute Gasteiger partial charge is 0.440 e. The molecular weight excluding hydrogens is 306 g/mol. The van der Waals surface area contributed by atoms with Gasteiger partial charge in [0.05, 0.1) is 6.21 Å². The lowest BCUT2D eigenvalue weighted by Gasteiger charge is -2.16. The van der Waals surface area contributed by atoms with Crippen molar-refractivity contribution in [2.75, 3.05) is 25.1 Å². The molecule has 0 saturated carbocycles. The number of hydrogen-bond donors (Lipinski definition) is 1. The standard InChI is InChI=1S/C18H23N3O3/c1-4-21(5-2)16-12-11-15(24-16)13-19-20-18(22)17(23-3)14-9-7-6-8-10-14/h6-13,17H,4-5H2,1-3H3,(H,20,22)/b19-13-/t17-/m1/s1. The minimum Gasteiger partial charge on any atom is -0.440 e. The number of hydrogen-bond acceptors (Lipinski definition) is 5. The van der Waals surface area contributed by atoms with Crippen LogP contribution in [0.3, 0.4) is 0 Å². The molecular formula is C18H23N3O3. The molecule has 0 aliphatic rings. The molecule has 1 heterocycles. The molecule has 1 aromatic heterocycles. The molecule has 128 valence electrons. The van der Waals surface area contributed by atoms with Crippen molar-refractivity contribution in [1.29, 1.82) is 0 Å². The van der Waals surface area contributed by atoms with Crippen molar-refractivity contribution in [3.8, 4) is 0 Å². The first-order valence-corrected chi connectivity index (χ1v) is 7.95. The van der Waals surface area contributed by atoms with E-state index < -0.39 is 6.10 Å². The van der Waals surface area contributed by atoms with Crippen molar-refractivity contribution in [3.63, 3.8) is 0 Å². The Morgan fingerprint density at radius 1 is 1.25 bits per heavy atom. The maximum Gasteiger partial charge on any atom is 0.273 e. The molecule has 0 fully saturated rings. The lowest BCUT2D eigenvalue weighted by molar-refractivity contribution is -0.131. The first kappa shape index (κ1) is 17.7. The van der Waals surface area contributed by atoms with E-state index in [4.69, 9.17) is 9.15 Å². The zero-order valence-electron chi connectivity index (χ0n) is 14.2. The molecule has 1 amide bonds. The Kier molecular flexibility index (Phi) is 6.57. The highest BCUT2D eigenvalue weighted by atomic mass is 16.5. The fourth-order valence-corrected chi connectivity index (χ4v) is 2.36. The minimum absolute atomic E-state index is 0.338. The quantitative estimate of drug-likeness (QED) is 0.597. The fraction of sp³-hybridized carbons (Fsp3) is 0.333. The predicted octanol–water partition coefficient (Wildman–Crippen LogP) is 2.96. The SMILES string of the molecule is CCN(CC)c1ccc(/C=N\NC(=O)[C@H](OC)c2ccccc2)o1. The number of ether oxygens (including phenoxy) is 1. The van der Waals surface area contributed by atoms with E-state index in [9.17, 15) is 4.79 Å². The molecule has 1 atom stereocenters. The number of nitrogens with one attached hydrogen (secondary N) is 1. The lowest BCUT2D eigenvalue weighted by atomic mass is 10.1. The average Bonchev–Trinajstić information content (AvgIpc) is 3.06. The van der Waals surface area contributed by atoms with Gasteiger partial charge in [-0.3, -0.25) is 4.79 Å². The third kappa shape index (κ3) is 4.45. The molecule has 0 spiro atoms. The fourth-order valence-electron chi connectivity index (χ4n) is 2.36. The van der Waals surface area contributed by atoms with E-state index in [2.05, 4.69) is 29.3 Å². The first-order chi connectivity index (χ1) is 11.7. The van der Waals surface area contributed by atoms with Crippen LogP contribution >= 0.6 is 0 Å². The Bertz CT molecular complexity index is 663. The molecule has 24 heavy (non-hydrogen) atoms. The second kappa shape index (κ2) is 8.88. The molecule has 0 radical (unpaired) electrons. The number of hydrazone groups is 1. The monoisotopic (exact) mass is 329 g/mol. The number of carbonyl (C=O) groups excluding carboxylic acids is 1. The Balaban J connectivity index is 1.97. The van der Waals surface area contributed by atoms with Crippen molar-refractivity contribution < 1.29 is 13.9 Å². The lowest BCUT2D eigenvalue weighted by Crippen LogP contribution is -2.26. The Morgan fingerprint density at radius 3 is 2.58 bits per heavy atom. The second-order valence-corrected chi connectivity index (χ2v) is 5.11. The number of methoxy groups -OCH3 is 1. The third-order valence-electron chi connectivity index (χ3n) is 3.63. The Hall–Kier alpha value is -2.60. The van der Waals surface area contributed by atoms with Crippen LogP contribution in [0.5, 0.6) is 0 Å². The van der Waals surface area contributed by atoms with Gasteiger partial charge in [0.25, 0.3) is 5.91 Å². The molecule has 1 N–H and O–H groups in total. The molecule has 0 aliphatic heterocycles. The van der Waals surface area contributed by atoms with Crippen LogP contribution in [0.15, 0.2) is 52.0 Å². The first-order valence-electron chi connectivity index (χ1n) is 7.95. The van der Waals surface area contributed by atoms with E-state index >= 15 is 0 Å². The van der Waals surface area contributed by atoms with Gasteiger partial charge >= 0.3 is 0 Å². The minimum atomic E-state index is -0.703. The smallest absolute Gasteiger partial charge is 0.273 e. The van der Waals surface area contributed by atoms with Crippen LogP contribution < -0.4 is 10.3 Å². The predicted molar refractivity (Wildman–Crippen MR) is 94.2 cm³/mol. The van der Waals surface area contributed by atoms with Gasteiger partial charge in [-0.2, -0.15) is 5.10 Å². The molecule has 2 aromatic rings. The van der Waals surface area contributed by atoms with Gasteiger partial charge in [-0.05, 0) is 25.5 Å². The van der Waals surface area contributed by atoms with Crippen LogP contribution in [0.1, 0.15) is 31.3 Å². The molecule has 6 heteroatoms. The molecule has 0 bridgehead atoms. The summed E-state index contributed by atoms with van der Waals surface area (Å²) in [5.41, 5.74) is 3.25. The summed E-state index contributed by atoms with van der Waals surface area (Å²) in [4.78, 5) is 14.3. The van der Waals surface area contributed by atoms with Crippen molar-refractivity contribution >= 4 is 18.0 Å². The van der Waals surface area contributed by atoms with Crippen LogP contribution in [-0.4, -0.2) is 32.3 Å². The Labute approximate surface area is 142 Å². The van der Waals surface area contributed by atoms with Crippen LogP contribution in [0, 0.1) is 0 Å². The summed E-state index contributed by atoms with van der Waals surface area (Å²) in [6.45, 7) is 5.86. The highest BCUT2D eigenvalue weighted by molar-refractivity contribution is 5.84. The van der Waals surface area contributed by atoms with Crippen molar-refractivity contribution in [2.45, 2.75) is 20.0 Å². The van der Waals surface area contributed by atoms with Crippen LogP contribution in [-0.2, 0) is 9.53 Å². The van der Waals surface area contributed by atoms with Gasteiger partial charge in [-0.25, -0.2) is 5.43 Å². The van der Waals surface area contributed by atoms with E-state index in [1.807, 2.05) is 42.5 Å². The van der Waals surface area contributed by atoms with E-state index in [0.717, 1.165) is 24.5 Å². The number of carbonyl (C=O) groups is 1. The van der Waals surface area contributed by atoms with Crippen molar-refractivity contribution in [1.82, 2.24) is 5.43 Å². The van der Waals surface area contributed by atoms with Crippen molar-refractivity contribution in [2.24, 2.45) is 5.10 Å². The van der Waals surface area contributed by atoms with Gasteiger partial charge in [0.2, 0.25) is 0 Å². The van der Waals surface area contributed by atoms with E-state index in [1.165, 1.54) is 13.3 Å². The van der Waals surface area contributed by atoms with Gasteiger partial charge < -0.3 is 14.1 Å². The van der Waals surface area contributed by atoms with Crippen molar-refractivity contribution in [3.05, 3.63) is 53.8 Å². The summed E-state index contributed by atoms with van der Waals surface area (Å²) in [6.07, 6.45) is 0.772. The molecule has 0 saturated heterocycles. The highest BCUT2D eigenvalue weighted by Gasteiger charge is 2.19. The molecule has 6 nitrogen and oxygen atoms in total. The molecule has 1 aromatic carbocycles. The van der Waals surface area contributed by atoms with E-state index in [-0.39, 0.29) is 5.91 Å². The van der Waals surface area contributed by atoms with Gasteiger partial charge in [-0.15, -0.1) is 0 Å². The summed E-state index contributed by atoms with van der Waals surface area (Å²) < 4.78 is 10.9. The zero-order chi connectivity index (χ0) is 17.4. The summed E-state index contributed by atoms with van der Waals surface area (Å²) in [5, 5.41) is 3.94. The molecule has 0 aliphatic carbocycles. The normalized spacial score (nSPS) is 12.3. The maximum absolute atomic E-state index is 12.2. The summed E-state index contributed by atoms with van der Waals surface area (Å²) in [5.74, 6) is 1.02. The van der Waals surface area contributed by atoms with Crippen LogP contribution in [0.2, 0.25) is 0 Å². The van der Waals surface area contributed by atoms with Gasteiger partial charge in [0.15, 0.2) is 12.0 Å². The van der Waals surface area contributed by atoms with Gasteiger partial charge in [-0.1, -0.05) is 30.3 Å². The molecule has 0 unspecified atom stereocenters. The Morgan fingerprint density at radius 2 is 1.96 bits per heavy atom. The van der Waals surface area contributed by atoms with Crippen LogP contribution in [0.25, 0.3) is 0 Å². The number of rotatable bonds is 8. The highest BCUT2D eigenvalue weighted by Crippen LogP contribution is 2.17. The van der Waals surface area contributed by atoms with Gasteiger partial charge in [0.1, 0.15) is 5.76 Å². The summed E-state index contributed by atoms with van der Waals surface area (Å²) in [6, 6.07) is 13.0. The van der Waals surface area contributed by atoms with Gasteiger partial charge in [0, 0.05) is 26.3 Å². The third-order valence-corrected chi connectivity index (χ3v) is 3.63. The summed E-state index contributed by atoms with van der Waals surface area (Å²) in [7, 11) is 1.49. The number of nitrogens with zero attached hydrogens (tertiary/aromatic N) is 2. The maximum atomic E-state index is 12.2. The number of benzene rings is 1. The topological polar surface area (TPSA) is 67.1 Å². The summed E-state index contributed by atoms with van der Waals surface area (Å²) >= 11 is 0. The number of anilines is 1. The van der Waals surface area contributed by atoms with E-state index in [0.29, 0.717) is 5.76 Å².